The Morgan fingerprint density at radius 3 is 2.09 bits per heavy atom. The van der Waals surface area contributed by atoms with Crippen LogP contribution in [0.15, 0.2) is 30.3 Å². The summed E-state index contributed by atoms with van der Waals surface area (Å²) in [5.74, 6) is 0.751. The molecule has 0 aliphatic carbocycles. The van der Waals surface area contributed by atoms with Crippen LogP contribution in [-0.2, 0) is 20.7 Å². The standard InChI is InChI=1S/C19H30O3/c1-5-21-19(22-6-2)14-17(12-15(3)4)18(20)13-16-10-8-7-9-11-16/h7-11,15,17,19H,5-6,12-14H2,1-4H3/t17-/m0/s1. The molecule has 124 valence electrons. The number of carbonyl (C=O) groups is 1. The van der Waals surface area contributed by atoms with Crippen molar-refractivity contribution in [3.05, 3.63) is 35.9 Å². The van der Waals surface area contributed by atoms with Gasteiger partial charge in [-0.25, -0.2) is 0 Å². The van der Waals surface area contributed by atoms with Gasteiger partial charge in [0.2, 0.25) is 0 Å². The fraction of sp³-hybridized carbons (Fsp3) is 0.632. The molecule has 0 aliphatic heterocycles. The Bertz CT molecular complexity index is 408. The minimum atomic E-state index is -0.279. The first kappa shape index (κ1) is 18.9. The van der Waals surface area contributed by atoms with Crippen molar-refractivity contribution in [2.24, 2.45) is 11.8 Å². The van der Waals surface area contributed by atoms with Crippen molar-refractivity contribution in [1.29, 1.82) is 0 Å². The monoisotopic (exact) mass is 306 g/mol. The van der Waals surface area contributed by atoms with Gasteiger partial charge in [-0.3, -0.25) is 4.79 Å². The first-order valence-electron chi connectivity index (χ1n) is 8.36. The molecule has 1 rings (SSSR count). The van der Waals surface area contributed by atoms with E-state index in [1.165, 1.54) is 0 Å². The van der Waals surface area contributed by atoms with Crippen LogP contribution >= 0.6 is 0 Å². The topological polar surface area (TPSA) is 35.5 Å². The zero-order valence-electron chi connectivity index (χ0n) is 14.4. The lowest BCUT2D eigenvalue weighted by molar-refractivity contribution is -0.153. The molecule has 3 nitrogen and oxygen atoms in total. The van der Waals surface area contributed by atoms with E-state index in [0.717, 1.165) is 12.0 Å². The minimum absolute atomic E-state index is 0.0108. The Hall–Kier alpha value is -1.19. The molecule has 0 saturated carbocycles. The van der Waals surface area contributed by atoms with Gasteiger partial charge in [-0.1, -0.05) is 44.2 Å². The van der Waals surface area contributed by atoms with E-state index in [9.17, 15) is 4.79 Å². The zero-order valence-corrected chi connectivity index (χ0v) is 14.4. The van der Waals surface area contributed by atoms with Gasteiger partial charge in [-0.05, 0) is 31.7 Å². The van der Waals surface area contributed by atoms with Gasteiger partial charge in [0.05, 0.1) is 0 Å². The van der Waals surface area contributed by atoms with Crippen molar-refractivity contribution in [3.63, 3.8) is 0 Å². The van der Waals surface area contributed by atoms with Gasteiger partial charge in [-0.2, -0.15) is 0 Å². The summed E-state index contributed by atoms with van der Waals surface area (Å²) in [6, 6.07) is 9.94. The third-order valence-electron chi connectivity index (χ3n) is 3.61. The number of Topliss-reactive ketones (excluding diaryl/α,β-unsaturated/α-hetero) is 1. The third-order valence-corrected chi connectivity index (χ3v) is 3.61. The molecular formula is C19H30O3. The quantitative estimate of drug-likeness (QED) is 0.573. The van der Waals surface area contributed by atoms with Crippen molar-refractivity contribution in [2.75, 3.05) is 13.2 Å². The van der Waals surface area contributed by atoms with E-state index in [2.05, 4.69) is 13.8 Å². The van der Waals surface area contributed by atoms with Gasteiger partial charge in [0.25, 0.3) is 0 Å². The first-order chi connectivity index (χ1) is 10.6. The van der Waals surface area contributed by atoms with Crippen LogP contribution in [0.1, 0.15) is 46.1 Å². The van der Waals surface area contributed by atoms with E-state index in [1.807, 2.05) is 44.2 Å². The molecule has 1 aromatic carbocycles. The van der Waals surface area contributed by atoms with Crippen molar-refractivity contribution < 1.29 is 14.3 Å². The zero-order chi connectivity index (χ0) is 16.4. The van der Waals surface area contributed by atoms with Gasteiger partial charge < -0.3 is 9.47 Å². The summed E-state index contributed by atoms with van der Waals surface area (Å²) in [6.07, 6.45) is 1.73. The molecule has 0 N–H and O–H groups in total. The number of benzene rings is 1. The number of rotatable bonds is 11. The molecule has 0 saturated heterocycles. The number of hydrogen-bond donors (Lipinski definition) is 0. The number of ether oxygens (including phenoxy) is 2. The summed E-state index contributed by atoms with van der Waals surface area (Å²) in [7, 11) is 0. The number of hydrogen-bond acceptors (Lipinski definition) is 3. The molecule has 0 spiro atoms. The Balaban J connectivity index is 2.71. The van der Waals surface area contributed by atoms with Gasteiger partial charge in [0, 0.05) is 32.0 Å². The van der Waals surface area contributed by atoms with Crippen LogP contribution in [0, 0.1) is 11.8 Å². The molecule has 0 unspecified atom stereocenters. The summed E-state index contributed by atoms with van der Waals surface area (Å²) in [4.78, 5) is 12.7. The molecule has 0 aromatic heterocycles. The van der Waals surface area contributed by atoms with Crippen LogP contribution < -0.4 is 0 Å². The van der Waals surface area contributed by atoms with Crippen molar-refractivity contribution >= 4 is 5.78 Å². The van der Waals surface area contributed by atoms with Crippen LogP contribution in [0.25, 0.3) is 0 Å². The normalized spacial score (nSPS) is 12.8. The predicted molar refractivity (Wildman–Crippen MR) is 89.8 cm³/mol. The molecule has 22 heavy (non-hydrogen) atoms. The van der Waals surface area contributed by atoms with Crippen LogP contribution in [0.5, 0.6) is 0 Å². The highest BCUT2D eigenvalue weighted by molar-refractivity contribution is 5.83. The lowest BCUT2D eigenvalue weighted by Crippen LogP contribution is -2.27. The van der Waals surface area contributed by atoms with Crippen molar-refractivity contribution in [3.8, 4) is 0 Å². The molecule has 0 heterocycles. The van der Waals surface area contributed by atoms with Gasteiger partial charge in [-0.15, -0.1) is 0 Å². The summed E-state index contributed by atoms with van der Waals surface area (Å²) in [5, 5.41) is 0. The molecule has 0 amide bonds. The molecule has 3 heteroatoms. The highest BCUT2D eigenvalue weighted by Gasteiger charge is 2.24. The molecule has 0 fully saturated rings. The Morgan fingerprint density at radius 2 is 1.59 bits per heavy atom. The maximum absolute atomic E-state index is 12.7. The highest BCUT2D eigenvalue weighted by atomic mass is 16.7. The second kappa shape index (κ2) is 10.5. The molecular weight excluding hydrogens is 276 g/mol. The van der Waals surface area contributed by atoms with Crippen molar-refractivity contribution in [2.45, 2.75) is 53.2 Å². The van der Waals surface area contributed by atoms with E-state index in [-0.39, 0.29) is 18.0 Å². The van der Waals surface area contributed by atoms with Crippen LogP contribution in [0.3, 0.4) is 0 Å². The Kier molecular flexibility index (Phi) is 9.02. The molecule has 1 atom stereocenters. The van der Waals surface area contributed by atoms with Crippen LogP contribution in [0.2, 0.25) is 0 Å². The molecule has 0 bridgehead atoms. The Morgan fingerprint density at radius 1 is 1.00 bits per heavy atom. The van der Waals surface area contributed by atoms with Crippen molar-refractivity contribution in [1.82, 2.24) is 0 Å². The maximum atomic E-state index is 12.7. The minimum Gasteiger partial charge on any atom is -0.353 e. The molecule has 0 aliphatic rings. The lowest BCUT2D eigenvalue weighted by Gasteiger charge is -2.24. The predicted octanol–water partition coefficient (Wildman–Crippen LogP) is 4.25. The largest absolute Gasteiger partial charge is 0.353 e. The fourth-order valence-electron chi connectivity index (χ4n) is 2.66. The third kappa shape index (κ3) is 7.19. The SMILES string of the molecule is CCOC(C[C@H](CC(C)C)C(=O)Cc1ccccc1)OCC. The highest BCUT2D eigenvalue weighted by Crippen LogP contribution is 2.22. The smallest absolute Gasteiger partial charge is 0.158 e. The summed E-state index contributed by atoms with van der Waals surface area (Å²) < 4.78 is 11.2. The average molecular weight is 306 g/mol. The van der Waals surface area contributed by atoms with Crippen LogP contribution in [-0.4, -0.2) is 25.3 Å². The number of ketones is 1. The van der Waals surface area contributed by atoms with Gasteiger partial charge >= 0.3 is 0 Å². The van der Waals surface area contributed by atoms with E-state index >= 15 is 0 Å². The van der Waals surface area contributed by atoms with Crippen LogP contribution in [0.4, 0.5) is 0 Å². The summed E-state index contributed by atoms with van der Waals surface area (Å²) in [5.41, 5.74) is 1.07. The Labute approximate surface area is 135 Å². The molecule has 1 aromatic rings. The van der Waals surface area contributed by atoms with E-state index in [1.54, 1.807) is 0 Å². The summed E-state index contributed by atoms with van der Waals surface area (Å²) in [6.45, 7) is 9.42. The molecule has 0 radical (unpaired) electrons. The van der Waals surface area contributed by atoms with Gasteiger partial charge in [0.15, 0.2) is 6.29 Å². The maximum Gasteiger partial charge on any atom is 0.158 e. The summed E-state index contributed by atoms with van der Waals surface area (Å²) >= 11 is 0. The van der Waals surface area contributed by atoms with E-state index in [4.69, 9.17) is 9.47 Å². The number of carbonyl (C=O) groups excluding carboxylic acids is 1. The fourth-order valence-corrected chi connectivity index (χ4v) is 2.66. The second-order valence-electron chi connectivity index (χ2n) is 6.03. The van der Waals surface area contributed by atoms with E-state index in [0.29, 0.717) is 32.0 Å². The lowest BCUT2D eigenvalue weighted by atomic mass is 9.87. The first-order valence-corrected chi connectivity index (χ1v) is 8.36. The van der Waals surface area contributed by atoms with Gasteiger partial charge in [0.1, 0.15) is 5.78 Å². The van der Waals surface area contributed by atoms with E-state index < -0.39 is 0 Å². The second-order valence-corrected chi connectivity index (χ2v) is 6.03. The average Bonchev–Trinajstić information content (AvgIpc) is 2.47.